The largest absolute Gasteiger partial charge is 0.389 e. The maximum Gasteiger partial charge on any atom is 0.293 e. The van der Waals surface area contributed by atoms with Gasteiger partial charge in [-0.05, 0) is 44.7 Å². The van der Waals surface area contributed by atoms with E-state index >= 15 is 0 Å². The standard InChI is InChI=1S/C14H19BrN2O3/c1-14(2,18)9-16(8-10-3-4-10)12-6-5-11(15)7-13(12)17(19)20/h5-7,10,18H,3-4,8-9H2,1-2H3. The third kappa shape index (κ3) is 4.18. The fourth-order valence-corrected chi connectivity index (χ4v) is 2.59. The fourth-order valence-electron chi connectivity index (χ4n) is 2.24. The highest BCUT2D eigenvalue weighted by atomic mass is 79.9. The zero-order chi connectivity index (χ0) is 14.9. The minimum absolute atomic E-state index is 0.0734. The Bertz CT molecular complexity index is 510. The topological polar surface area (TPSA) is 66.6 Å². The van der Waals surface area contributed by atoms with Gasteiger partial charge in [-0.2, -0.15) is 0 Å². The molecule has 0 radical (unpaired) electrons. The smallest absolute Gasteiger partial charge is 0.293 e. The van der Waals surface area contributed by atoms with Crippen LogP contribution in [0.15, 0.2) is 22.7 Å². The number of anilines is 1. The molecule has 0 bridgehead atoms. The van der Waals surface area contributed by atoms with Gasteiger partial charge in [0, 0.05) is 23.6 Å². The van der Waals surface area contributed by atoms with Gasteiger partial charge in [0.2, 0.25) is 0 Å². The Morgan fingerprint density at radius 2 is 2.15 bits per heavy atom. The SMILES string of the molecule is CC(C)(O)CN(CC1CC1)c1ccc(Br)cc1[N+](=O)[O-]. The molecule has 6 heteroatoms. The molecule has 1 aliphatic carbocycles. The lowest BCUT2D eigenvalue weighted by molar-refractivity contribution is -0.384. The summed E-state index contributed by atoms with van der Waals surface area (Å²) in [4.78, 5) is 12.8. The molecule has 0 saturated heterocycles. The van der Waals surface area contributed by atoms with Crippen LogP contribution in [0.25, 0.3) is 0 Å². The molecule has 1 fully saturated rings. The molecule has 1 aromatic rings. The average Bonchev–Trinajstić information content (AvgIpc) is 3.10. The molecule has 0 spiro atoms. The highest BCUT2D eigenvalue weighted by Gasteiger charge is 2.30. The third-order valence-corrected chi connectivity index (χ3v) is 3.72. The molecule has 5 nitrogen and oxygen atoms in total. The minimum atomic E-state index is -0.893. The Balaban J connectivity index is 2.33. The van der Waals surface area contributed by atoms with Gasteiger partial charge in [0.15, 0.2) is 0 Å². The maximum absolute atomic E-state index is 11.2. The van der Waals surface area contributed by atoms with E-state index in [0.29, 0.717) is 22.6 Å². The molecule has 0 heterocycles. The molecule has 1 aromatic carbocycles. The number of hydrogen-bond acceptors (Lipinski definition) is 4. The van der Waals surface area contributed by atoms with E-state index in [0.717, 1.165) is 19.4 Å². The molecule has 0 unspecified atom stereocenters. The highest BCUT2D eigenvalue weighted by molar-refractivity contribution is 9.10. The molecule has 20 heavy (non-hydrogen) atoms. The highest BCUT2D eigenvalue weighted by Crippen LogP contribution is 2.36. The number of nitrogens with zero attached hydrogens (tertiary/aromatic N) is 2. The number of nitro benzene ring substituents is 1. The van der Waals surface area contributed by atoms with E-state index in [4.69, 9.17) is 0 Å². The summed E-state index contributed by atoms with van der Waals surface area (Å²) in [5.74, 6) is 0.584. The monoisotopic (exact) mass is 342 g/mol. The van der Waals surface area contributed by atoms with E-state index < -0.39 is 5.60 Å². The molecule has 2 rings (SSSR count). The van der Waals surface area contributed by atoms with Crippen LogP contribution in [0.2, 0.25) is 0 Å². The van der Waals surface area contributed by atoms with Crippen molar-refractivity contribution in [3.8, 4) is 0 Å². The van der Waals surface area contributed by atoms with Gasteiger partial charge in [-0.3, -0.25) is 10.1 Å². The van der Waals surface area contributed by atoms with E-state index in [2.05, 4.69) is 15.9 Å². The molecule has 1 aliphatic rings. The van der Waals surface area contributed by atoms with Crippen LogP contribution in [0.4, 0.5) is 11.4 Å². The zero-order valence-corrected chi connectivity index (χ0v) is 13.3. The lowest BCUT2D eigenvalue weighted by Gasteiger charge is -2.30. The Morgan fingerprint density at radius 1 is 1.50 bits per heavy atom. The third-order valence-electron chi connectivity index (χ3n) is 3.23. The number of aliphatic hydroxyl groups is 1. The number of nitro groups is 1. The van der Waals surface area contributed by atoms with Crippen molar-refractivity contribution in [1.29, 1.82) is 0 Å². The van der Waals surface area contributed by atoms with E-state index in [9.17, 15) is 15.2 Å². The van der Waals surface area contributed by atoms with Gasteiger partial charge in [-0.25, -0.2) is 0 Å². The van der Waals surface area contributed by atoms with Gasteiger partial charge in [0.05, 0.1) is 10.5 Å². The van der Waals surface area contributed by atoms with Gasteiger partial charge >= 0.3 is 0 Å². The number of halogens is 1. The quantitative estimate of drug-likeness (QED) is 0.635. The zero-order valence-electron chi connectivity index (χ0n) is 11.7. The van der Waals surface area contributed by atoms with Crippen LogP contribution in [0.1, 0.15) is 26.7 Å². The molecular formula is C14H19BrN2O3. The molecule has 0 aromatic heterocycles. The molecule has 0 amide bonds. The average molecular weight is 343 g/mol. The second-order valence-corrected chi connectivity index (χ2v) is 6.94. The van der Waals surface area contributed by atoms with Gasteiger partial charge < -0.3 is 10.0 Å². The lowest BCUT2D eigenvalue weighted by Crippen LogP contribution is -2.40. The first kappa shape index (κ1) is 15.3. The van der Waals surface area contributed by atoms with Crippen LogP contribution in [0, 0.1) is 16.0 Å². The minimum Gasteiger partial charge on any atom is -0.389 e. The molecule has 1 saturated carbocycles. The van der Waals surface area contributed by atoms with Gasteiger partial charge in [-0.1, -0.05) is 15.9 Å². The van der Waals surface area contributed by atoms with Gasteiger partial charge in [0.1, 0.15) is 5.69 Å². The van der Waals surface area contributed by atoms with Crippen LogP contribution < -0.4 is 4.90 Å². The second-order valence-electron chi connectivity index (χ2n) is 6.03. The van der Waals surface area contributed by atoms with Crippen molar-refractivity contribution in [3.63, 3.8) is 0 Å². The van der Waals surface area contributed by atoms with Gasteiger partial charge in [0.25, 0.3) is 5.69 Å². The van der Waals surface area contributed by atoms with Crippen molar-refractivity contribution in [2.24, 2.45) is 5.92 Å². The fraction of sp³-hybridized carbons (Fsp3) is 0.571. The van der Waals surface area contributed by atoms with E-state index in [1.807, 2.05) is 4.90 Å². The van der Waals surface area contributed by atoms with Crippen LogP contribution >= 0.6 is 15.9 Å². The Kier molecular flexibility index (Phi) is 4.34. The predicted molar refractivity (Wildman–Crippen MR) is 82.0 cm³/mol. The second kappa shape index (κ2) is 5.69. The first-order valence-corrected chi connectivity index (χ1v) is 7.47. The van der Waals surface area contributed by atoms with Crippen molar-refractivity contribution in [2.45, 2.75) is 32.3 Å². The van der Waals surface area contributed by atoms with Crippen LogP contribution in [-0.2, 0) is 0 Å². The van der Waals surface area contributed by atoms with E-state index in [1.165, 1.54) is 6.07 Å². The Hall–Kier alpha value is -1.14. The molecule has 110 valence electrons. The van der Waals surface area contributed by atoms with Crippen molar-refractivity contribution < 1.29 is 10.0 Å². The summed E-state index contributed by atoms with van der Waals surface area (Å²) in [7, 11) is 0. The van der Waals surface area contributed by atoms with Crippen LogP contribution in [0.5, 0.6) is 0 Å². The summed E-state index contributed by atoms with van der Waals surface area (Å²) in [6.45, 7) is 4.58. The predicted octanol–water partition coefficient (Wildman–Crippen LogP) is 3.34. The number of benzene rings is 1. The van der Waals surface area contributed by atoms with Crippen molar-refractivity contribution in [2.75, 3.05) is 18.0 Å². The van der Waals surface area contributed by atoms with Gasteiger partial charge in [-0.15, -0.1) is 0 Å². The summed E-state index contributed by atoms with van der Waals surface area (Å²) < 4.78 is 0.683. The van der Waals surface area contributed by atoms with Crippen LogP contribution in [0.3, 0.4) is 0 Å². The number of hydrogen-bond donors (Lipinski definition) is 1. The summed E-state index contributed by atoms with van der Waals surface area (Å²) in [6.07, 6.45) is 2.32. The van der Waals surface area contributed by atoms with Crippen LogP contribution in [-0.4, -0.2) is 28.7 Å². The summed E-state index contributed by atoms with van der Waals surface area (Å²) in [6, 6.07) is 5.06. The van der Waals surface area contributed by atoms with Crippen molar-refractivity contribution >= 4 is 27.3 Å². The first-order chi connectivity index (χ1) is 9.26. The van der Waals surface area contributed by atoms with E-state index in [1.54, 1.807) is 26.0 Å². The summed E-state index contributed by atoms with van der Waals surface area (Å²) in [5.41, 5.74) is -0.243. The summed E-state index contributed by atoms with van der Waals surface area (Å²) in [5, 5.41) is 21.3. The van der Waals surface area contributed by atoms with E-state index in [-0.39, 0.29) is 10.6 Å². The molecule has 0 aliphatic heterocycles. The van der Waals surface area contributed by atoms with Crippen molar-refractivity contribution in [3.05, 3.63) is 32.8 Å². The summed E-state index contributed by atoms with van der Waals surface area (Å²) >= 11 is 3.27. The lowest BCUT2D eigenvalue weighted by atomic mass is 10.1. The molecule has 0 atom stereocenters. The van der Waals surface area contributed by atoms with Crippen molar-refractivity contribution in [1.82, 2.24) is 0 Å². The molecule has 1 N–H and O–H groups in total. The molecular weight excluding hydrogens is 324 g/mol. The normalized spacial score (nSPS) is 15.2. The maximum atomic E-state index is 11.2. The first-order valence-electron chi connectivity index (χ1n) is 6.67. The Labute approximate surface area is 126 Å². The Morgan fingerprint density at radius 3 is 2.65 bits per heavy atom. The number of rotatable bonds is 6.